The molecule has 2 heteroatoms. The number of benzene rings is 1. The second-order valence-corrected chi connectivity index (χ2v) is 6.47. The zero-order valence-corrected chi connectivity index (χ0v) is 12.2. The van der Waals surface area contributed by atoms with Crippen LogP contribution >= 0.6 is 0 Å². The average Bonchev–Trinajstić information content (AvgIpc) is 3.19. The van der Waals surface area contributed by atoms with E-state index >= 15 is 0 Å². The van der Waals surface area contributed by atoms with Crippen LogP contribution in [0.15, 0.2) is 30.3 Å². The molecule has 3 rings (SSSR count). The van der Waals surface area contributed by atoms with Crippen LogP contribution in [0.1, 0.15) is 51.1 Å². The van der Waals surface area contributed by atoms with Crippen molar-refractivity contribution >= 4 is 0 Å². The second-order valence-electron chi connectivity index (χ2n) is 6.47. The predicted molar refractivity (Wildman–Crippen MR) is 80.2 cm³/mol. The molecule has 1 heterocycles. The van der Waals surface area contributed by atoms with Gasteiger partial charge in [0.15, 0.2) is 0 Å². The maximum Gasteiger partial charge on any atom is 0.0478 e. The molecule has 2 unspecified atom stereocenters. The van der Waals surface area contributed by atoms with E-state index in [0.29, 0.717) is 17.6 Å². The normalized spacial score (nSPS) is 30.2. The van der Waals surface area contributed by atoms with Gasteiger partial charge in [-0.05, 0) is 31.7 Å². The van der Waals surface area contributed by atoms with Gasteiger partial charge in [0.05, 0.1) is 0 Å². The fraction of sp³-hybridized carbons (Fsp3) is 0.647. The van der Waals surface area contributed by atoms with Gasteiger partial charge in [0.2, 0.25) is 0 Å². The van der Waals surface area contributed by atoms with Crippen LogP contribution in [0.3, 0.4) is 0 Å². The van der Waals surface area contributed by atoms with Crippen molar-refractivity contribution in [2.45, 2.75) is 57.2 Å². The number of nitrogens with zero attached hydrogens (tertiary/aromatic N) is 1. The Morgan fingerprint density at radius 3 is 2.63 bits per heavy atom. The Kier molecular flexibility index (Phi) is 3.64. The molecule has 1 N–H and O–H groups in total. The summed E-state index contributed by atoms with van der Waals surface area (Å²) >= 11 is 0. The molecular weight excluding hydrogens is 232 g/mol. The van der Waals surface area contributed by atoms with Crippen molar-refractivity contribution in [2.24, 2.45) is 0 Å². The van der Waals surface area contributed by atoms with Crippen molar-refractivity contribution in [3.05, 3.63) is 35.9 Å². The standard InChI is InChI=1S/C17H26N2/c1-3-7-15-13-19(17(2)10-11-17)16(12-18-15)14-8-5-4-6-9-14/h4-6,8-9,15-16,18H,3,7,10-13H2,1-2H3. The summed E-state index contributed by atoms with van der Waals surface area (Å²) < 4.78 is 0. The third-order valence-electron chi connectivity index (χ3n) is 4.88. The number of hydrogen-bond donors (Lipinski definition) is 1. The van der Waals surface area contributed by atoms with Crippen molar-refractivity contribution in [1.29, 1.82) is 0 Å². The summed E-state index contributed by atoms with van der Waals surface area (Å²) in [4.78, 5) is 2.78. The predicted octanol–water partition coefficient (Wildman–Crippen LogP) is 3.35. The Morgan fingerprint density at radius 2 is 2.00 bits per heavy atom. The Bertz CT molecular complexity index is 411. The van der Waals surface area contributed by atoms with Crippen LogP contribution in [0.4, 0.5) is 0 Å². The smallest absolute Gasteiger partial charge is 0.0478 e. The van der Waals surface area contributed by atoms with E-state index in [1.807, 2.05) is 0 Å². The minimum atomic E-state index is 0.467. The van der Waals surface area contributed by atoms with Gasteiger partial charge >= 0.3 is 0 Å². The lowest BCUT2D eigenvalue weighted by Gasteiger charge is -2.44. The summed E-state index contributed by atoms with van der Waals surface area (Å²) in [6, 6.07) is 12.3. The first-order chi connectivity index (χ1) is 9.23. The quantitative estimate of drug-likeness (QED) is 0.891. The SMILES string of the molecule is CCCC1CN(C2(C)CC2)C(c2ccccc2)CN1. The molecule has 2 aliphatic rings. The molecule has 2 nitrogen and oxygen atoms in total. The monoisotopic (exact) mass is 258 g/mol. The van der Waals surface area contributed by atoms with E-state index in [2.05, 4.69) is 54.4 Å². The fourth-order valence-corrected chi connectivity index (χ4v) is 3.40. The molecule has 1 aliphatic heterocycles. The number of piperazine rings is 1. The molecule has 1 aromatic rings. The molecule has 0 spiro atoms. The molecule has 2 atom stereocenters. The largest absolute Gasteiger partial charge is 0.311 e. The highest BCUT2D eigenvalue weighted by atomic mass is 15.3. The summed E-state index contributed by atoms with van der Waals surface area (Å²) in [5, 5.41) is 3.76. The van der Waals surface area contributed by atoms with Gasteiger partial charge in [0, 0.05) is 30.7 Å². The van der Waals surface area contributed by atoms with Gasteiger partial charge in [-0.2, -0.15) is 0 Å². The molecule has 1 aromatic carbocycles. The Labute approximate surface area is 117 Å². The first kappa shape index (κ1) is 13.1. The highest BCUT2D eigenvalue weighted by molar-refractivity contribution is 5.22. The Hall–Kier alpha value is -0.860. The van der Waals surface area contributed by atoms with Gasteiger partial charge in [-0.25, -0.2) is 0 Å². The first-order valence-electron chi connectivity index (χ1n) is 7.78. The number of rotatable bonds is 4. The van der Waals surface area contributed by atoms with E-state index in [9.17, 15) is 0 Å². The van der Waals surface area contributed by atoms with Crippen LogP contribution < -0.4 is 5.32 Å². The third kappa shape index (κ3) is 2.70. The van der Waals surface area contributed by atoms with Gasteiger partial charge < -0.3 is 5.32 Å². The molecular formula is C17H26N2. The zero-order chi connectivity index (χ0) is 13.3. The van der Waals surface area contributed by atoms with Gasteiger partial charge in [0.25, 0.3) is 0 Å². The van der Waals surface area contributed by atoms with E-state index < -0.39 is 0 Å². The van der Waals surface area contributed by atoms with Gasteiger partial charge in [-0.1, -0.05) is 43.7 Å². The van der Waals surface area contributed by atoms with Crippen molar-refractivity contribution in [2.75, 3.05) is 13.1 Å². The molecule has 2 fully saturated rings. The minimum Gasteiger partial charge on any atom is -0.311 e. The highest BCUT2D eigenvalue weighted by Crippen LogP contribution is 2.46. The summed E-state index contributed by atoms with van der Waals surface area (Å²) in [5.74, 6) is 0. The topological polar surface area (TPSA) is 15.3 Å². The summed E-state index contributed by atoms with van der Waals surface area (Å²) in [7, 11) is 0. The van der Waals surface area contributed by atoms with Crippen molar-refractivity contribution in [1.82, 2.24) is 10.2 Å². The Morgan fingerprint density at radius 1 is 1.26 bits per heavy atom. The van der Waals surface area contributed by atoms with E-state index in [-0.39, 0.29) is 0 Å². The first-order valence-corrected chi connectivity index (χ1v) is 7.78. The maximum absolute atomic E-state index is 3.76. The lowest BCUT2D eigenvalue weighted by molar-refractivity contribution is 0.0732. The lowest BCUT2D eigenvalue weighted by Crippen LogP contribution is -2.55. The minimum absolute atomic E-state index is 0.467. The zero-order valence-electron chi connectivity index (χ0n) is 12.2. The van der Waals surface area contributed by atoms with Gasteiger partial charge in [-0.3, -0.25) is 4.90 Å². The average molecular weight is 258 g/mol. The molecule has 104 valence electrons. The molecule has 0 amide bonds. The van der Waals surface area contributed by atoms with E-state index in [4.69, 9.17) is 0 Å². The molecule has 0 radical (unpaired) electrons. The van der Waals surface area contributed by atoms with Crippen LogP contribution in [0.5, 0.6) is 0 Å². The molecule has 0 aromatic heterocycles. The van der Waals surface area contributed by atoms with E-state index in [0.717, 1.165) is 6.54 Å². The van der Waals surface area contributed by atoms with Crippen LogP contribution in [-0.4, -0.2) is 29.6 Å². The van der Waals surface area contributed by atoms with Crippen LogP contribution in [-0.2, 0) is 0 Å². The van der Waals surface area contributed by atoms with E-state index in [1.165, 1.54) is 37.8 Å². The van der Waals surface area contributed by atoms with Crippen LogP contribution in [0.2, 0.25) is 0 Å². The van der Waals surface area contributed by atoms with Crippen LogP contribution in [0, 0.1) is 0 Å². The fourth-order valence-electron chi connectivity index (χ4n) is 3.40. The molecule has 19 heavy (non-hydrogen) atoms. The summed E-state index contributed by atoms with van der Waals surface area (Å²) in [6.07, 6.45) is 5.32. The van der Waals surface area contributed by atoms with Crippen molar-refractivity contribution in [3.63, 3.8) is 0 Å². The van der Waals surface area contributed by atoms with Crippen molar-refractivity contribution < 1.29 is 0 Å². The number of nitrogens with one attached hydrogen (secondary N) is 1. The molecule has 0 bridgehead atoms. The Balaban J connectivity index is 1.79. The molecule has 1 aliphatic carbocycles. The van der Waals surface area contributed by atoms with Crippen molar-refractivity contribution in [3.8, 4) is 0 Å². The van der Waals surface area contributed by atoms with Gasteiger partial charge in [0.1, 0.15) is 0 Å². The van der Waals surface area contributed by atoms with Crippen LogP contribution in [0.25, 0.3) is 0 Å². The van der Waals surface area contributed by atoms with Gasteiger partial charge in [-0.15, -0.1) is 0 Å². The van der Waals surface area contributed by atoms with E-state index in [1.54, 1.807) is 0 Å². The number of hydrogen-bond acceptors (Lipinski definition) is 2. The molecule has 1 saturated carbocycles. The summed E-state index contributed by atoms with van der Waals surface area (Å²) in [5.41, 5.74) is 1.94. The summed E-state index contributed by atoms with van der Waals surface area (Å²) in [6.45, 7) is 7.04. The highest BCUT2D eigenvalue weighted by Gasteiger charge is 2.48. The third-order valence-corrected chi connectivity index (χ3v) is 4.88. The second kappa shape index (κ2) is 5.26. The lowest BCUT2D eigenvalue weighted by atomic mass is 9.97. The molecule has 1 saturated heterocycles. The maximum atomic E-state index is 3.76.